The molecule has 0 radical (unpaired) electrons. The number of anilines is 1. The highest BCUT2D eigenvalue weighted by Crippen LogP contribution is 2.26. The minimum absolute atomic E-state index is 0.632. The Morgan fingerprint density at radius 3 is 2.72 bits per heavy atom. The number of rotatable bonds is 3. The Bertz CT molecular complexity index is 909. The lowest BCUT2D eigenvalue weighted by molar-refractivity contribution is 0.771. The molecule has 2 N–H and O–H groups in total. The molecule has 0 bridgehead atoms. The molecule has 0 spiro atoms. The quantitative estimate of drug-likeness (QED) is 0.579. The predicted octanol–water partition coefficient (Wildman–Crippen LogP) is 4.15. The van der Waals surface area contributed by atoms with Crippen molar-refractivity contribution in [2.24, 2.45) is 10.7 Å². The zero-order valence-electron chi connectivity index (χ0n) is 14.4. The molecule has 0 fully saturated rings. The zero-order valence-corrected chi connectivity index (χ0v) is 14.4. The van der Waals surface area contributed by atoms with Gasteiger partial charge < -0.3 is 10.6 Å². The number of aliphatic imine (C=N–C) groups is 1. The zero-order chi connectivity index (χ0) is 17.1. The summed E-state index contributed by atoms with van der Waals surface area (Å²) >= 11 is 0. The molecule has 0 amide bonds. The van der Waals surface area contributed by atoms with Crippen LogP contribution in [0.3, 0.4) is 0 Å². The van der Waals surface area contributed by atoms with Crippen LogP contribution in [0, 0.1) is 0 Å². The number of hydrogen-bond donors (Lipinski definition) is 1. The fourth-order valence-electron chi connectivity index (χ4n) is 3.66. The Morgan fingerprint density at radius 1 is 0.960 bits per heavy atom. The molecule has 126 valence electrons. The van der Waals surface area contributed by atoms with E-state index in [0.717, 1.165) is 25.8 Å². The first-order chi connectivity index (χ1) is 12.3. The summed E-state index contributed by atoms with van der Waals surface area (Å²) in [6.07, 6.45) is 3.14. The van der Waals surface area contributed by atoms with Gasteiger partial charge in [-0.05, 0) is 47.2 Å². The molecule has 3 aromatic carbocycles. The largest absolute Gasteiger partial charge is 0.370 e. The van der Waals surface area contributed by atoms with Crippen molar-refractivity contribution >= 4 is 22.4 Å². The van der Waals surface area contributed by atoms with E-state index in [0.29, 0.717) is 12.5 Å². The summed E-state index contributed by atoms with van der Waals surface area (Å²) in [6.45, 7) is 1.65. The van der Waals surface area contributed by atoms with Crippen LogP contribution in [0.5, 0.6) is 0 Å². The average molecular weight is 329 g/mol. The number of nitrogens with zero attached hydrogens (tertiary/aromatic N) is 2. The van der Waals surface area contributed by atoms with E-state index in [-0.39, 0.29) is 0 Å². The molecule has 0 unspecified atom stereocenters. The predicted molar refractivity (Wildman–Crippen MR) is 106 cm³/mol. The lowest BCUT2D eigenvalue weighted by Gasteiger charge is -2.30. The molecule has 3 aromatic rings. The number of nitrogens with two attached hydrogens (primary N) is 1. The van der Waals surface area contributed by atoms with Crippen LogP contribution >= 0.6 is 0 Å². The van der Waals surface area contributed by atoms with E-state index in [1.165, 1.54) is 27.6 Å². The second-order valence-corrected chi connectivity index (χ2v) is 6.51. The van der Waals surface area contributed by atoms with Gasteiger partial charge in [0.1, 0.15) is 0 Å². The van der Waals surface area contributed by atoms with Crippen LogP contribution < -0.4 is 10.6 Å². The number of para-hydroxylation sites is 1. The number of aryl methyl sites for hydroxylation is 1. The van der Waals surface area contributed by atoms with Gasteiger partial charge in [-0.3, -0.25) is 4.99 Å². The molecule has 0 saturated carbocycles. The van der Waals surface area contributed by atoms with Gasteiger partial charge in [0.2, 0.25) is 0 Å². The molecule has 0 saturated heterocycles. The summed E-state index contributed by atoms with van der Waals surface area (Å²) in [7, 11) is 0. The van der Waals surface area contributed by atoms with Crippen molar-refractivity contribution in [3.8, 4) is 0 Å². The summed E-state index contributed by atoms with van der Waals surface area (Å²) in [4.78, 5) is 6.82. The summed E-state index contributed by atoms with van der Waals surface area (Å²) in [5.74, 6) is 0.632. The Kier molecular flexibility index (Phi) is 4.38. The first-order valence-electron chi connectivity index (χ1n) is 8.95. The van der Waals surface area contributed by atoms with E-state index >= 15 is 0 Å². The van der Waals surface area contributed by atoms with E-state index in [1.54, 1.807) is 0 Å². The van der Waals surface area contributed by atoms with E-state index in [1.807, 2.05) is 0 Å². The van der Waals surface area contributed by atoms with Crippen molar-refractivity contribution in [1.29, 1.82) is 0 Å². The SMILES string of the molecule is NC(=NCCc1cccc2ccccc12)N1CCCc2ccccc21. The van der Waals surface area contributed by atoms with E-state index < -0.39 is 0 Å². The van der Waals surface area contributed by atoms with Gasteiger partial charge in [0, 0.05) is 18.8 Å². The van der Waals surface area contributed by atoms with Gasteiger partial charge in [-0.25, -0.2) is 0 Å². The first kappa shape index (κ1) is 15.7. The maximum atomic E-state index is 6.32. The monoisotopic (exact) mass is 329 g/mol. The van der Waals surface area contributed by atoms with Gasteiger partial charge in [-0.1, -0.05) is 60.7 Å². The topological polar surface area (TPSA) is 41.6 Å². The van der Waals surface area contributed by atoms with Gasteiger partial charge in [0.25, 0.3) is 0 Å². The Hall–Kier alpha value is -2.81. The summed E-state index contributed by atoms with van der Waals surface area (Å²) in [5.41, 5.74) is 10.2. The molecule has 0 aliphatic carbocycles. The Morgan fingerprint density at radius 2 is 1.76 bits per heavy atom. The van der Waals surface area contributed by atoms with Gasteiger partial charge >= 0.3 is 0 Å². The Labute approximate surface area is 148 Å². The summed E-state index contributed by atoms with van der Waals surface area (Å²) in [5, 5.41) is 2.59. The second kappa shape index (κ2) is 6.98. The van der Waals surface area contributed by atoms with Crippen LogP contribution in [0.1, 0.15) is 17.5 Å². The highest BCUT2D eigenvalue weighted by Gasteiger charge is 2.18. The smallest absolute Gasteiger partial charge is 0.195 e. The molecule has 0 atom stereocenters. The van der Waals surface area contributed by atoms with Crippen LogP contribution in [-0.2, 0) is 12.8 Å². The molecule has 3 heteroatoms. The third-order valence-electron chi connectivity index (χ3n) is 4.92. The summed E-state index contributed by atoms with van der Waals surface area (Å²) < 4.78 is 0. The fourth-order valence-corrected chi connectivity index (χ4v) is 3.66. The van der Waals surface area contributed by atoms with Gasteiger partial charge in [-0.15, -0.1) is 0 Å². The lowest BCUT2D eigenvalue weighted by atomic mass is 10.0. The molecule has 3 nitrogen and oxygen atoms in total. The molecule has 4 rings (SSSR count). The van der Waals surface area contributed by atoms with Crippen molar-refractivity contribution in [3.05, 3.63) is 77.9 Å². The first-order valence-corrected chi connectivity index (χ1v) is 8.95. The molecular formula is C22H23N3. The molecule has 0 aromatic heterocycles. The second-order valence-electron chi connectivity index (χ2n) is 6.51. The number of benzene rings is 3. The van der Waals surface area contributed by atoms with Crippen molar-refractivity contribution < 1.29 is 0 Å². The van der Waals surface area contributed by atoms with E-state index in [9.17, 15) is 0 Å². The lowest BCUT2D eigenvalue weighted by Crippen LogP contribution is -2.41. The standard InChI is InChI=1S/C22H23N3/c23-22(25-16-6-11-19-8-2-4-13-21(19)25)24-15-14-18-10-5-9-17-7-1-3-12-20(17)18/h1-5,7-10,12-13H,6,11,14-16H2,(H2,23,24). The van der Waals surface area contributed by atoms with Crippen LogP contribution in [0.2, 0.25) is 0 Å². The van der Waals surface area contributed by atoms with E-state index in [2.05, 4.69) is 76.6 Å². The molecule has 1 heterocycles. The Balaban J connectivity index is 1.51. The van der Waals surface area contributed by atoms with Gasteiger partial charge in [0.15, 0.2) is 5.96 Å². The van der Waals surface area contributed by atoms with Crippen LogP contribution in [0.4, 0.5) is 5.69 Å². The van der Waals surface area contributed by atoms with Crippen molar-refractivity contribution in [2.45, 2.75) is 19.3 Å². The van der Waals surface area contributed by atoms with Crippen LogP contribution in [-0.4, -0.2) is 19.0 Å². The number of fused-ring (bicyclic) bond motifs is 2. The van der Waals surface area contributed by atoms with Crippen molar-refractivity contribution in [2.75, 3.05) is 18.0 Å². The van der Waals surface area contributed by atoms with Crippen molar-refractivity contribution in [1.82, 2.24) is 0 Å². The average Bonchev–Trinajstić information content (AvgIpc) is 2.67. The highest BCUT2D eigenvalue weighted by atomic mass is 15.3. The van der Waals surface area contributed by atoms with Crippen molar-refractivity contribution in [3.63, 3.8) is 0 Å². The third-order valence-corrected chi connectivity index (χ3v) is 4.92. The van der Waals surface area contributed by atoms with Crippen LogP contribution in [0.25, 0.3) is 10.8 Å². The summed E-state index contributed by atoms with van der Waals surface area (Å²) in [6, 6.07) is 23.4. The molecular weight excluding hydrogens is 306 g/mol. The number of hydrogen-bond acceptors (Lipinski definition) is 1. The van der Waals surface area contributed by atoms with Crippen LogP contribution in [0.15, 0.2) is 71.7 Å². The maximum Gasteiger partial charge on any atom is 0.195 e. The minimum atomic E-state index is 0.632. The third kappa shape index (κ3) is 3.22. The normalized spacial score (nSPS) is 14.6. The van der Waals surface area contributed by atoms with E-state index in [4.69, 9.17) is 5.73 Å². The highest BCUT2D eigenvalue weighted by molar-refractivity contribution is 5.96. The fraction of sp³-hybridized carbons (Fsp3) is 0.227. The van der Waals surface area contributed by atoms with Gasteiger partial charge in [-0.2, -0.15) is 0 Å². The van der Waals surface area contributed by atoms with Gasteiger partial charge in [0.05, 0.1) is 0 Å². The number of guanidine groups is 1. The molecule has 25 heavy (non-hydrogen) atoms. The minimum Gasteiger partial charge on any atom is -0.370 e. The maximum absolute atomic E-state index is 6.32. The molecule has 1 aliphatic rings. The molecule has 1 aliphatic heterocycles.